The largest absolute Gasteiger partial charge is 0.486 e. The van der Waals surface area contributed by atoms with Crippen LogP contribution in [0, 0.1) is 5.82 Å². The highest BCUT2D eigenvalue weighted by Crippen LogP contribution is 2.36. The molecule has 228 valence electrons. The molecular weight excluding hydrogens is 573 g/mol. The predicted molar refractivity (Wildman–Crippen MR) is 160 cm³/mol. The van der Waals surface area contributed by atoms with Gasteiger partial charge in [0.2, 0.25) is 11.8 Å². The molecule has 3 aromatic rings. The highest BCUT2D eigenvalue weighted by atomic mass is 32.2. The van der Waals surface area contributed by atoms with Crippen LogP contribution in [0.3, 0.4) is 0 Å². The van der Waals surface area contributed by atoms with Crippen molar-refractivity contribution in [2.45, 2.75) is 62.6 Å². The van der Waals surface area contributed by atoms with Crippen molar-refractivity contribution in [3.8, 4) is 11.5 Å². The van der Waals surface area contributed by atoms with E-state index in [1.54, 1.807) is 55.5 Å². The van der Waals surface area contributed by atoms with Gasteiger partial charge < -0.3 is 19.7 Å². The maximum atomic E-state index is 14.8. The topological polar surface area (TPSA) is 105 Å². The molecule has 1 fully saturated rings. The van der Waals surface area contributed by atoms with E-state index in [2.05, 4.69) is 5.32 Å². The Morgan fingerprint density at radius 2 is 1.60 bits per heavy atom. The first kappa shape index (κ1) is 30.3. The Morgan fingerprint density at radius 3 is 2.33 bits per heavy atom. The number of rotatable bonds is 10. The molecule has 11 heteroatoms. The van der Waals surface area contributed by atoms with E-state index in [1.165, 1.54) is 29.2 Å². The third-order valence-corrected chi connectivity index (χ3v) is 9.63. The van der Waals surface area contributed by atoms with Gasteiger partial charge in [0.05, 0.1) is 10.6 Å². The summed E-state index contributed by atoms with van der Waals surface area (Å²) in [7, 11) is -4.24. The second-order valence-corrected chi connectivity index (χ2v) is 12.6. The summed E-state index contributed by atoms with van der Waals surface area (Å²) in [6.07, 6.45) is 4.85. The molecule has 0 radical (unpaired) electrons. The minimum absolute atomic E-state index is 0.00165. The molecule has 0 bridgehead atoms. The van der Waals surface area contributed by atoms with Crippen molar-refractivity contribution in [2.24, 2.45) is 0 Å². The van der Waals surface area contributed by atoms with Crippen LogP contribution in [0.25, 0.3) is 0 Å². The molecule has 3 aromatic carbocycles. The first-order chi connectivity index (χ1) is 20.7. The van der Waals surface area contributed by atoms with Crippen LogP contribution in [0.2, 0.25) is 0 Å². The molecule has 1 atom stereocenters. The number of sulfonamides is 1. The molecule has 43 heavy (non-hydrogen) atoms. The number of fused-ring (bicyclic) bond motifs is 1. The van der Waals surface area contributed by atoms with Gasteiger partial charge in [-0.3, -0.25) is 13.9 Å². The van der Waals surface area contributed by atoms with Crippen LogP contribution < -0.4 is 19.1 Å². The van der Waals surface area contributed by atoms with Crippen LogP contribution in [0.15, 0.2) is 77.7 Å². The summed E-state index contributed by atoms with van der Waals surface area (Å²) in [5, 5.41) is 3.04. The van der Waals surface area contributed by atoms with E-state index in [1.807, 2.05) is 0 Å². The van der Waals surface area contributed by atoms with Crippen molar-refractivity contribution in [2.75, 3.05) is 24.1 Å². The lowest BCUT2D eigenvalue weighted by atomic mass is 9.95. The first-order valence-electron chi connectivity index (χ1n) is 14.5. The normalized spacial score (nSPS) is 15.8. The van der Waals surface area contributed by atoms with Crippen LogP contribution in [-0.4, -0.2) is 57.0 Å². The SMILES string of the molecule is C[C@H](C(=O)NC1CCCCC1)N(Cc1ccccc1F)C(=O)CN(c1ccc2c(c1)OCCO2)S(=O)(=O)c1ccccc1. The number of carbonyl (C=O) groups is 2. The number of anilines is 1. The van der Waals surface area contributed by atoms with Gasteiger partial charge in [0.25, 0.3) is 10.0 Å². The Morgan fingerprint density at radius 1 is 0.930 bits per heavy atom. The van der Waals surface area contributed by atoms with E-state index in [-0.39, 0.29) is 34.6 Å². The smallest absolute Gasteiger partial charge is 0.264 e. The van der Waals surface area contributed by atoms with Gasteiger partial charge in [-0.2, -0.15) is 0 Å². The van der Waals surface area contributed by atoms with E-state index in [0.29, 0.717) is 24.7 Å². The van der Waals surface area contributed by atoms with Crippen LogP contribution in [0.1, 0.15) is 44.6 Å². The number of nitrogens with one attached hydrogen (secondary N) is 1. The quantitative estimate of drug-likeness (QED) is 0.359. The number of hydrogen-bond donors (Lipinski definition) is 1. The summed E-state index contributed by atoms with van der Waals surface area (Å²) in [4.78, 5) is 28.7. The third-order valence-electron chi connectivity index (χ3n) is 7.84. The summed E-state index contributed by atoms with van der Waals surface area (Å²) >= 11 is 0. The van der Waals surface area contributed by atoms with E-state index in [4.69, 9.17) is 9.47 Å². The predicted octanol–water partition coefficient (Wildman–Crippen LogP) is 4.66. The van der Waals surface area contributed by atoms with Crippen LogP contribution in [0.5, 0.6) is 11.5 Å². The van der Waals surface area contributed by atoms with Gasteiger partial charge in [-0.15, -0.1) is 0 Å². The van der Waals surface area contributed by atoms with E-state index in [9.17, 15) is 22.4 Å². The van der Waals surface area contributed by atoms with Gasteiger partial charge >= 0.3 is 0 Å². The maximum absolute atomic E-state index is 14.8. The van der Waals surface area contributed by atoms with Gasteiger partial charge in [-0.1, -0.05) is 55.7 Å². The van der Waals surface area contributed by atoms with Crippen LogP contribution in [0.4, 0.5) is 10.1 Å². The lowest BCUT2D eigenvalue weighted by molar-refractivity contribution is -0.139. The Labute approximate surface area is 251 Å². The van der Waals surface area contributed by atoms with E-state index < -0.39 is 34.3 Å². The molecule has 0 aromatic heterocycles. The first-order valence-corrected chi connectivity index (χ1v) is 16.0. The lowest BCUT2D eigenvalue weighted by Gasteiger charge is -2.33. The fourth-order valence-electron chi connectivity index (χ4n) is 5.40. The van der Waals surface area contributed by atoms with Gasteiger partial charge in [0.15, 0.2) is 11.5 Å². The molecule has 5 rings (SSSR count). The number of amides is 2. The monoisotopic (exact) mass is 609 g/mol. The fraction of sp³-hybridized carbons (Fsp3) is 0.375. The van der Waals surface area contributed by atoms with Crippen molar-refractivity contribution < 1.29 is 31.9 Å². The van der Waals surface area contributed by atoms with Crippen molar-refractivity contribution >= 4 is 27.5 Å². The van der Waals surface area contributed by atoms with Crippen molar-refractivity contribution in [3.05, 3.63) is 84.2 Å². The Bertz CT molecular complexity index is 1550. The van der Waals surface area contributed by atoms with E-state index >= 15 is 0 Å². The van der Waals surface area contributed by atoms with Gasteiger partial charge in [-0.05, 0) is 50.1 Å². The fourth-order valence-corrected chi connectivity index (χ4v) is 6.82. The average Bonchev–Trinajstić information content (AvgIpc) is 3.03. The molecular formula is C32H36FN3O6S. The zero-order valence-corrected chi connectivity index (χ0v) is 24.9. The van der Waals surface area contributed by atoms with Gasteiger partial charge in [-0.25, -0.2) is 12.8 Å². The van der Waals surface area contributed by atoms with Gasteiger partial charge in [0, 0.05) is 24.2 Å². The molecule has 9 nitrogen and oxygen atoms in total. The van der Waals surface area contributed by atoms with Crippen molar-refractivity contribution in [3.63, 3.8) is 0 Å². The molecule has 1 N–H and O–H groups in total. The molecule has 1 aliphatic heterocycles. The summed E-state index contributed by atoms with van der Waals surface area (Å²) in [5.74, 6) is -0.737. The Hall–Kier alpha value is -4.12. The second kappa shape index (κ2) is 13.5. The minimum Gasteiger partial charge on any atom is -0.486 e. The molecule has 0 spiro atoms. The van der Waals surface area contributed by atoms with E-state index in [0.717, 1.165) is 36.4 Å². The van der Waals surface area contributed by atoms with Crippen LogP contribution >= 0.6 is 0 Å². The summed E-state index contributed by atoms with van der Waals surface area (Å²) in [6, 6.07) is 17.5. The molecule has 1 saturated carbocycles. The Kier molecular flexibility index (Phi) is 9.49. The number of carbonyl (C=O) groups excluding carboxylic acids is 2. The highest BCUT2D eigenvalue weighted by Gasteiger charge is 2.34. The number of nitrogens with zero attached hydrogens (tertiary/aromatic N) is 2. The molecule has 0 saturated heterocycles. The molecule has 2 aliphatic rings. The molecule has 1 aliphatic carbocycles. The molecule has 1 heterocycles. The second-order valence-electron chi connectivity index (χ2n) is 10.8. The number of hydrogen-bond acceptors (Lipinski definition) is 6. The summed E-state index contributed by atoms with van der Waals surface area (Å²) < 4.78 is 55.0. The highest BCUT2D eigenvalue weighted by molar-refractivity contribution is 7.92. The van der Waals surface area contributed by atoms with Crippen molar-refractivity contribution in [1.82, 2.24) is 10.2 Å². The third kappa shape index (κ3) is 7.10. The summed E-state index contributed by atoms with van der Waals surface area (Å²) in [6.45, 7) is 1.39. The minimum atomic E-state index is -4.24. The number of halogens is 1. The van der Waals surface area contributed by atoms with Crippen LogP contribution in [-0.2, 0) is 26.2 Å². The molecule has 2 amide bonds. The number of ether oxygens (including phenoxy) is 2. The maximum Gasteiger partial charge on any atom is 0.264 e. The number of benzene rings is 3. The lowest BCUT2D eigenvalue weighted by Crippen LogP contribution is -2.53. The average molecular weight is 610 g/mol. The zero-order chi connectivity index (χ0) is 30.4. The Balaban J connectivity index is 1.49. The van der Waals surface area contributed by atoms with Crippen molar-refractivity contribution in [1.29, 1.82) is 0 Å². The zero-order valence-electron chi connectivity index (χ0n) is 24.1. The molecule has 0 unspecified atom stereocenters. The summed E-state index contributed by atoms with van der Waals surface area (Å²) in [5.41, 5.74) is 0.400. The van der Waals surface area contributed by atoms with Gasteiger partial charge in [0.1, 0.15) is 31.6 Å². The standard InChI is InChI=1S/C32H36FN3O6S/c1-23(32(38)34-25-11-4-2-5-12-25)35(21-24-10-8-9-15-28(24)33)31(37)22-36(43(39,40)27-13-6-3-7-14-27)26-16-17-29-30(20-26)42-19-18-41-29/h3,6-10,13-17,20,23,25H,2,4-5,11-12,18-19,21-22H2,1H3,(H,34,38)/t23-/m1/s1.